The van der Waals surface area contributed by atoms with Crippen molar-refractivity contribution in [2.24, 2.45) is 0 Å². The van der Waals surface area contributed by atoms with Crippen molar-refractivity contribution in [2.45, 2.75) is 56.1 Å². The second-order valence-corrected chi connectivity index (χ2v) is 10.1. The van der Waals surface area contributed by atoms with E-state index in [1.807, 2.05) is 26.0 Å². The Morgan fingerprint density at radius 3 is 2.66 bits per heavy atom. The van der Waals surface area contributed by atoms with Gasteiger partial charge in [0, 0.05) is 16.6 Å². The number of carbonyl (C=O) groups is 1. The lowest BCUT2D eigenvalue weighted by atomic mass is 10.0. The molecule has 1 heterocycles. The molecular formula is C23H25NO4S. The molecule has 1 amide bonds. The molecule has 6 heteroatoms. The predicted octanol–water partition coefficient (Wildman–Crippen LogP) is 4.95. The third-order valence-electron chi connectivity index (χ3n) is 5.88. The van der Waals surface area contributed by atoms with Gasteiger partial charge in [0.25, 0.3) is 0 Å². The molecule has 1 saturated carbocycles. The quantitative estimate of drug-likeness (QED) is 0.645. The third kappa shape index (κ3) is 3.81. The largest absolute Gasteiger partial charge is 0.464 e. The van der Waals surface area contributed by atoms with Crippen molar-refractivity contribution < 1.29 is 17.6 Å². The van der Waals surface area contributed by atoms with E-state index >= 15 is 0 Å². The van der Waals surface area contributed by atoms with Crippen LogP contribution in [0.1, 0.15) is 42.4 Å². The molecule has 1 aliphatic carbocycles. The normalized spacial score (nSPS) is 15.1. The summed E-state index contributed by atoms with van der Waals surface area (Å²) in [5, 5.41) is 3.45. The lowest BCUT2D eigenvalue weighted by Crippen LogP contribution is -2.18. The number of sulfone groups is 1. The number of carbonyl (C=O) groups excluding carboxylic acids is 1. The second kappa shape index (κ2) is 7.67. The van der Waals surface area contributed by atoms with Crippen molar-refractivity contribution in [2.75, 3.05) is 5.32 Å². The van der Waals surface area contributed by atoms with Crippen LogP contribution in [0.4, 0.5) is 5.69 Å². The molecule has 2 aromatic carbocycles. The Balaban J connectivity index is 1.51. The minimum Gasteiger partial charge on any atom is -0.464 e. The smallest absolute Gasteiger partial charge is 0.228 e. The standard InChI is InChI=1S/C23H25NO4S/c1-15-10-11-21-17(14-28-23(21)16(15)2)12-22(25)24-18-6-5-9-20(13-18)29(26,27)19-7-3-4-8-19/h5-6,9-11,13-14,19H,3-4,7-8,12H2,1-2H3,(H,24,25). The molecule has 29 heavy (non-hydrogen) atoms. The van der Waals surface area contributed by atoms with Gasteiger partial charge in [-0.15, -0.1) is 0 Å². The number of benzene rings is 2. The Kier molecular flexibility index (Phi) is 5.21. The van der Waals surface area contributed by atoms with Crippen molar-refractivity contribution in [3.63, 3.8) is 0 Å². The lowest BCUT2D eigenvalue weighted by molar-refractivity contribution is -0.115. The van der Waals surface area contributed by atoms with Crippen LogP contribution in [-0.4, -0.2) is 19.6 Å². The highest BCUT2D eigenvalue weighted by Gasteiger charge is 2.30. The first-order chi connectivity index (χ1) is 13.9. The Morgan fingerprint density at radius 2 is 1.90 bits per heavy atom. The van der Waals surface area contributed by atoms with E-state index in [-0.39, 0.29) is 22.5 Å². The fraction of sp³-hybridized carbons (Fsp3) is 0.348. The van der Waals surface area contributed by atoms with Crippen LogP contribution in [0.25, 0.3) is 11.0 Å². The highest BCUT2D eigenvalue weighted by Crippen LogP contribution is 2.31. The van der Waals surface area contributed by atoms with Gasteiger partial charge in [0.2, 0.25) is 5.91 Å². The van der Waals surface area contributed by atoms with E-state index in [0.29, 0.717) is 18.5 Å². The van der Waals surface area contributed by atoms with Gasteiger partial charge in [-0.1, -0.05) is 31.0 Å². The maximum Gasteiger partial charge on any atom is 0.228 e. The molecule has 0 atom stereocenters. The van der Waals surface area contributed by atoms with Crippen molar-refractivity contribution in [3.05, 3.63) is 59.4 Å². The van der Waals surface area contributed by atoms with Crippen molar-refractivity contribution >= 4 is 32.4 Å². The lowest BCUT2D eigenvalue weighted by Gasteiger charge is -2.12. The molecule has 1 fully saturated rings. The fourth-order valence-corrected chi connectivity index (χ4v) is 5.94. The highest BCUT2D eigenvalue weighted by atomic mass is 32.2. The minimum atomic E-state index is -3.35. The number of nitrogens with one attached hydrogen (secondary N) is 1. The summed E-state index contributed by atoms with van der Waals surface area (Å²) in [4.78, 5) is 12.9. The fourth-order valence-electron chi connectivity index (χ4n) is 4.05. The van der Waals surface area contributed by atoms with Gasteiger partial charge in [0.05, 0.1) is 22.8 Å². The van der Waals surface area contributed by atoms with E-state index in [4.69, 9.17) is 4.42 Å². The predicted molar refractivity (Wildman–Crippen MR) is 114 cm³/mol. The molecule has 0 aliphatic heterocycles. The zero-order valence-corrected chi connectivity index (χ0v) is 17.5. The number of rotatable bonds is 5. The van der Waals surface area contributed by atoms with E-state index in [2.05, 4.69) is 5.32 Å². The van der Waals surface area contributed by atoms with Crippen LogP contribution in [0.3, 0.4) is 0 Å². The number of hydrogen-bond donors (Lipinski definition) is 1. The monoisotopic (exact) mass is 411 g/mol. The zero-order chi connectivity index (χ0) is 20.6. The number of fused-ring (bicyclic) bond motifs is 1. The van der Waals surface area contributed by atoms with Gasteiger partial charge in [-0.2, -0.15) is 0 Å². The van der Waals surface area contributed by atoms with Crippen molar-refractivity contribution in [1.29, 1.82) is 0 Å². The number of hydrogen-bond acceptors (Lipinski definition) is 4. The zero-order valence-electron chi connectivity index (χ0n) is 16.7. The number of amides is 1. The average Bonchev–Trinajstić information content (AvgIpc) is 3.36. The Morgan fingerprint density at radius 1 is 1.14 bits per heavy atom. The van der Waals surface area contributed by atoms with Gasteiger partial charge < -0.3 is 9.73 Å². The van der Waals surface area contributed by atoms with Crippen LogP contribution >= 0.6 is 0 Å². The van der Waals surface area contributed by atoms with Crippen LogP contribution in [0.5, 0.6) is 0 Å². The van der Waals surface area contributed by atoms with Crippen LogP contribution in [0, 0.1) is 13.8 Å². The molecule has 1 aliphatic rings. The van der Waals surface area contributed by atoms with Crippen molar-refractivity contribution in [3.8, 4) is 0 Å². The Bertz CT molecular complexity index is 1170. The summed E-state index contributed by atoms with van der Waals surface area (Å²) in [5.41, 5.74) is 4.32. The molecule has 152 valence electrons. The first kappa shape index (κ1) is 19.7. The first-order valence-corrected chi connectivity index (χ1v) is 11.5. The Hall–Kier alpha value is -2.60. The van der Waals surface area contributed by atoms with Crippen LogP contribution in [-0.2, 0) is 21.1 Å². The van der Waals surface area contributed by atoms with E-state index in [0.717, 1.165) is 40.5 Å². The molecule has 3 aromatic rings. The number of anilines is 1. The van der Waals surface area contributed by atoms with E-state index in [9.17, 15) is 13.2 Å². The summed E-state index contributed by atoms with van der Waals surface area (Å²) in [6, 6.07) is 10.6. The molecule has 0 bridgehead atoms. The summed E-state index contributed by atoms with van der Waals surface area (Å²) >= 11 is 0. The van der Waals surface area contributed by atoms with Gasteiger partial charge in [0.15, 0.2) is 9.84 Å². The molecule has 0 radical (unpaired) electrons. The van der Waals surface area contributed by atoms with Crippen LogP contribution < -0.4 is 5.32 Å². The molecule has 0 unspecified atom stereocenters. The summed E-state index contributed by atoms with van der Waals surface area (Å²) in [6.45, 7) is 4.03. The third-order valence-corrected chi connectivity index (χ3v) is 8.14. The molecule has 5 nitrogen and oxygen atoms in total. The summed E-state index contributed by atoms with van der Waals surface area (Å²) < 4.78 is 31.3. The van der Waals surface area contributed by atoms with Crippen molar-refractivity contribution in [1.82, 2.24) is 0 Å². The van der Waals surface area contributed by atoms with Gasteiger partial charge in [-0.25, -0.2) is 8.42 Å². The minimum absolute atomic E-state index is 0.162. The van der Waals surface area contributed by atoms with Gasteiger partial charge in [0.1, 0.15) is 5.58 Å². The van der Waals surface area contributed by atoms with Gasteiger partial charge in [-0.05, 0) is 56.0 Å². The molecule has 4 rings (SSSR count). The molecular weight excluding hydrogens is 386 g/mol. The summed E-state index contributed by atoms with van der Waals surface area (Å²) in [7, 11) is -3.35. The highest BCUT2D eigenvalue weighted by molar-refractivity contribution is 7.92. The van der Waals surface area contributed by atoms with E-state index in [1.54, 1.807) is 30.5 Å². The maximum absolute atomic E-state index is 12.8. The summed E-state index contributed by atoms with van der Waals surface area (Å²) in [6.07, 6.45) is 5.12. The topological polar surface area (TPSA) is 76.4 Å². The molecule has 0 saturated heterocycles. The summed E-state index contributed by atoms with van der Waals surface area (Å²) in [5.74, 6) is -0.207. The number of aryl methyl sites for hydroxylation is 2. The van der Waals surface area contributed by atoms with Gasteiger partial charge >= 0.3 is 0 Å². The van der Waals surface area contributed by atoms with Gasteiger partial charge in [-0.3, -0.25) is 4.79 Å². The molecule has 0 spiro atoms. The maximum atomic E-state index is 12.8. The second-order valence-electron chi connectivity index (χ2n) is 7.85. The van der Waals surface area contributed by atoms with Crippen LogP contribution in [0.2, 0.25) is 0 Å². The van der Waals surface area contributed by atoms with E-state index < -0.39 is 9.84 Å². The SMILES string of the molecule is Cc1ccc2c(CC(=O)Nc3cccc(S(=O)(=O)C4CCCC4)c3)coc2c1C. The first-order valence-electron chi connectivity index (χ1n) is 9.96. The molecule has 1 N–H and O–H groups in total. The molecule has 1 aromatic heterocycles. The Labute approximate surface area is 171 Å². The van der Waals surface area contributed by atoms with Crippen LogP contribution in [0.15, 0.2) is 52.0 Å². The average molecular weight is 412 g/mol. The van der Waals surface area contributed by atoms with E-state index in [1.165, 1.54) is 0 Å². The number of furan rings is 1.